The fraction of sp³-hybridized carbons (Fsp3) is 0. The van der Waals surface area contributed by atoms with E-state index in [4.69, 9.17) is 8.83 Å². The van der Waals surface area contributed by atoms with Crippen molar-refractivity contribution in [3.63, 3.8) is 0 Å². The van der Waals surface area contributed by atoms with Crippen molar-refractivity contribution >= 4 is 175 Å². The van der Waals surface area contributed by atoms with Crippen LogP contribution in [0.4, 0.5) is 0 Å². The predicted octanol–water partition coefficient (Wildman–Crippen LogP) is 35.7. The standard InChI is InChI=1S/C132H80N6O2/c1-4-23-94(24-5-1)133-117-37-15-10-30-101(117)107-71-85(46-60-121(107)133)89-50-64-125-111(75-89)112-78-92(51-65-126(112)136(125)97-56-42-81(43-57-97)84-54-68-130-115(79-84)105-34-14-19-41-129(105)139-130)88-49-63-124-110(74-88)104-33-13-18-40-120(104)138(124)99-29-20-22-83(70-99)93-55-69-131-116(80-93)106-36-21-35-100(132(106)140-131)82-44-58-98(59-45-82)137-127-66-52-90(86-47-61-122-108(72-86)102-31-11-16-38-118(102)134(122)95-25-6-2-7-26-95)76-113(127)114-77-91(53-67-128(114)137)87-48-62-123-109(73-87)103-32-12-17-39-119(103)135(123)96-27-8-3-9-28-96/h1-80H. The van der Waals surface area contributed by atoms with Crippen LogP contribution in [0.1, 0.15) is 0 Å². The first-order valence-corrected chi connectivity index (χ1v) is 48.0. The van der Waals surface area contributed by atoms with Gasteiger partial charge in [-0.3, -0.25) is 0 Å². The van der Waals surface area contributed by atoms with Crippen LogP contribution >= 0.6 is 0 Å². The van der Waals surface area contributed by atoms with Crippen molar-refractivity contribution in [1.29, 1.82) is 0 Å². The maximum absolute atomic E-state index is 7.03. The van der Waals surface area contributed by atoms with E-state index in [9.17, 15) is 0 Å². The van der Waals surface area contributed by atoms with Crippen molar-refractivity contribution in [3.8, 4) is 112 Å². The highest BCUT2D eigenvalue weighted by Gasteiger charge is 2.26. The van der Waals surface area contributed by atoms with Crippen molar-refractivity contribution in [2.75, 3.05) is 0 Å². The van der Waals surface area contributed by atoms with Crippen LogP contribution in [0, 0.1) is 0 Å². The topological polar surface area (TPSA) is 55.9 Å². The number of furan rings is 2. The van der Waals surface area contributed by atoms with Crippen LogP contribution in [-0.4, -0.2) is 27.4 Å². The van der Waals surface area contributed by atoms with Crippen LogP contribution < -0.4 is 0 Å². The lowest BCUT2D eigenvalue weighted by Crippen LogP contribution is -1.94. The van der Waals surface area contributed by atoms with Gasteiger partial charge in [-0.05, 0) is 297 Å². The molecule has 0 atom stereocenters. The third-order valence-corrected chi connectivity index (χ3v) is 29.8. The molecule has 0 saturated carbocycles. The fourth-order valence-corrected chi connectivity index (χ4v) is 23.3. The molecule has 0 fully saturated rings. The summed E-state index contributed by atoms with van der Waals surface area (Å²) in [6.07, 6.45) is 0. The zero-order valence-electron chi connectivity index (χ0n) is 75.7. The maximum Gasteiger partial charge on any atom is 0.143 e. The molecule has 0 aliphatic rings. The fourth-order valence-electron chi connectivity index (χ4n) is 23.3. The molecule has 8 nitrogen and oxygen atoms in total. The molecular weight excluding hydrogens is 1700 g/mol. The summed E-state index contributed by atoms with van der Waals surface area (Å²) in [5, 5.41) is 18.9. The van der Waals surface area contributed by atoms with Crippen LogP contribution in [0.25, 0.3) is 287 Å². The van der Waals surface area contributed by atoms with Gasteiger partial charge in [0.2, 0.25) is 0 Å². The summed E-state index contributed by atoms with van der Waals surface area (Å²) in [6, 6.07) is 179. The zero-order valence-corrected chi connectivity index (χ0v) is 75.7. The summed E-state index contributed by atoms with van der Waals surface area (Å²) < 4.78 is 27.8. The van der Waals surface area contributed by atoms with Gasteiger partial charge < -0.3 is 36.2 Å². The summed E-state index contributed by atoms with van der Waals surface area (Å²) in [7, 11) is 0. The van der Waals surface area contributed by atoms with Crippen LogP contribution in [0.15, 0.2) is 494 Å². The van der Waals surface area contributed by atoms with E-state index in [-0.39, 0.29) is 0 Å². The molecule has 0 bridgehead atoms. The largest absolute Gasteiger partial charge is 0.456 e. The highest BCUT2D eigenvalue weighted by Crippen LogP contribution is 2.48. The van der Waals surface area contributed by atoms with Crippen LogP contribution in [0.3, 0.4) is 0 Å². The molecule has 0 aliphatic heterocycles. The van der Waals surface area contributed by atoms with Crippen LogP contribution in [0.2, 0.25) is 0 Å². The highest BCUT2D eigenvalue weighted by atomic mass is 16.3. The molecule has 0 aliphatic carbocycles. The molecule has 8 aromatic heterocycles. The molecule has 140 heavy (non-hydrogen) atoms. The van der Waals surface area contributed by atoms with Crippen molar-refractivity contribution in [3.05, 3.63) is 485 Å². The van der Waals surface area contributed by atoms with Gasteiger partial charge in [0.15, 0.2) is 0 Å². The second kappa shape index (κ2) is 30.4. The summed E-state index contributed by atoms with van der Waals surface area (Å²) in [5.41, 5.74) is 40.0. The Balaban J connectivity index is 0.492. The van der Waals surface area contributed by atoms with Crippen LogP contribution in [0.5, 0.6) is 0 Å². The second-order valence-corrected chi connectivity index (χ2v) is 37.4. The van der Waals surface area contributed by atoms with Gasteiger partial charge in [-0.15, -0.1) is 0 Å². The quantitative estimate of drug-likeness (QED) is 0.116. The molecule has 30 rings (SSSR count). The first kappa shape index (κ1) is 77.7. The maximum atomic E-state index is 7.03. The molecule has 0 N–H and O–H groups in total. The van der Waals surface area contributed by atoms with Gasteiger partial charge in [0.25, 0.3) is 0 Å². The molecular formula is C132H80N6O2. The average Bonchev–Trinajstić information content (AvgIpc) is 1.57. The lowest BCUT2D eigenvalue weighted by Gasteiger charge is -2.11. The van der Waals surface area contributed by atoms with Crippen molar-refractivity contribution in [2.45, 2.75) is 0 Å². The Morgan fingerprint density at radius 2 is 0.343 bits per heavy atom. The number of hydrogen-bond donors (Lipinski definition) is 0. The highest BCUT2D eigenvalue weighted by molar-refractivity contribution is 6.20. The Bertz CT molecular complexity index is 10200. The van der Waals surface area contributed by atoms with Gasteiger partial charge in [0.1, 0.15) is 22.3 Å². The van der Waals surface area contributed by atoms with E-state index in [0.717, 1.165) is 172 Å². The summed E-state index contributed by atoms with van der Waals surface area (Å²) in [5.74, 6) is 0. The number of fused-ring (bicyclic) bond motifs is 24. The van der Waals surface area contributed by atoms with Gasteiger partial charge in [0, 0.05) is 126 Å². The predicted molar refractivity (Wildman–Crippen MR) is 585 cm³/mol. The Morgan fingerprint density at radius 3 is 0.714 bits per heavy atom. The third-order valence-electron chi connectivity index (χ3n) is 29.8. The lowest BCUT2D eigenvalue weighted by molar-refractivity contribution is 0.669. The van der Waals surface area contributed by atoms with Crippen molar-refractivity contribution in [1.82, 2.24) is 27.4 Å². The minimum Gasteiger partial charge on any atom is -0.456 e. The smallest absolute Gasteiger partial charge is 0.143 e. The SMILES string of the molecule is c1ccc(-n2c3ccccc3c3cc(-c4ccc5c(c4)c4cc(-c6ccc7c(c6)c6ccccc6n7-c6ccccc6)ccc4n5-c4ccc(-c5cccc6c5oc5ccc(-c7cccc(-n8c9ccccc9c9cc(-c%10ccc%11c(c%10)c%10cc(-c%12ccc%13c(c%12)c%12ccccc%12n%13-c%12ccccc%12)ccc%10n%11-c%10ccc(-c%11ccc%12oc%13ccccc%13c%12c%11)cc%10)ccc98)c7)cc56)cc4)ccc32)cc1. The lowest BCUT2D eigenvalue weighted by atomic mass is 9.98. The Kier molecular flexibility index (Phi) is 16.8. The van der Waals surface area contributed by atoms with Crippen molar-refractivity contribution < 1.29 is 8.83 Å². The van der Waals surface area contributed by atoms with Gasteiger partial charge in [-0.2, -0.15) is 0 Å². The molecule has 0 unspecified atom stereocenters. The molecule has 650 valence electrons. The van der Waals surface area contributed by atoms with Crippen molar-refractivity contribution in [2.24, 2.45) is 0 Å². The van der Waals surface area contributed by atoms with Gasteiger partial charge in [-0.1, -0.05) is 261 Å². The Hall–Kier alpha value is -18.8. The van der Waals surface area contributed by atoms with E-state index in [1.54, 1.807) is 0 Å². The van der Waals surface area contributed by atoms with Gasteiger partial charge >= 0.3 is 0 Å². The Labute approximate surface area is 802 Å². The normalized spacial score (nSPS) is 12.1. The van der Waals surface area contributed by atoms with E-state index < -0.39 is 0 Å². The Morgan fingerprint density at radius 1 is 0.114 bits per heavy atom. The molecule has 0 amide bonds. The van der Waals surface area contributed by atoms with Gasteiger partial charge in [0.05, 0.1) is 66.2 Å². The number of hydrogen-bond acceptors (Lipinski definition) is 2. The second-order valence-electron chi connectivity index (χ2n) is 37.4. The summed E-state index contributed by atoms with van der Waals surface area (Å²) in [4.78, 5) is 0. The molecule has 8 heteroatoms. The third kappa shape index (κ3) is 11.9. The number of benzene rings is 22. The number of nitrogens with zero attached hydrogens (tertiary/aromatic N) is 6. The van der Waals surface area contributed by atoms with E-state index in [2.05, 4.69) is 501 Å². The number of aromatic nitrogens is 6. The zero-order chi connectivity index (χ0) is 91.5. The van der Waals surface area contributed by atoms with E-state index in [1.165, 1.54) is 114 Å². The average molecular weight is 1780 g/mol. The summed E-state index contributed by atoms with van der Waals surface area (Å²) in [6.45, 7) is 0. The molecule has 0 spiro atoms. The molecule has 8 heterocycles. The summed E-state index contributed by atoms with van der Waals surface area (Å²) >= 11 is 0. The minimum atomic E-state index is 0.844. The number of rotatable bonds is 13. The number of para-hydroxylation sites is 9. The molecule has 0 saturated heterocycles. The molecule has 0 radical (unpaired) electrons. The molecule has 30 aromatic rings. The minimum absolute atomic E-state index is 0.844. The monoisotopic (exact) mass is 1780 g/mol. The van der Waals surface area contributed by atoms with Gasteiger partial charge in [-0.25, -0.2) is 0 Å². The van der Waals surface area contributed by atoms with Crippen LogP contribution in [-0.2, 0) is 0 Å². The van der Waals surface area contributed by atoms with E-state index in [1.807, 2.05) is 12.1 Å². The molecule has 22 aromatic carbocycles. The first-order chi connectivity index (χ1) is 69.4. The van der Waals surface area contributed by atoms with E-state index >= 15 is 0 Å². The first-order valence-electron chi connectivity index (χ1n) is 48.0. The van der Waals surface area contributed by atoms with E-state index in [0.29, 0.717) is 0 Å².